The van der Waals surface area contributed by atoms with Crippen molar-refractivity contribution in [2.24, 2.45) is 11.3 Å². The van der Waals surface area contributed by atoms with Gasteiger partial charge in [0.05, 0.1) is 0 Å². The summed E-state index contributed by atoms with van der Waals surface area (Å²) in [6, 6.07) is 5.92. The largest absolute Gasteiger partial charge is 0.313 e. The quantitative estimate of drug-likeness (QED) is 0.808. The van der Waals surface area contributed by atoms with E-state index >= 15 is 0 Å². The summed E-state index contributed by atoms with van der Waals surface area (Å²) in [5, 5.41) is 3.60. The van der Waals surface area contributed by atoms with E-state index in [1.54, 1.807) is 12.1 Å². The summed E-state index contributed by atoms with van der Waals surface area (Å²) < 4.78 is 14.9. The fourth-order valence-electron chi connectivity index (χ4n) is 2.25. The molecule has 0 spiro atoms. The van der Waals surface area contributed by atoms with Crippen LogP contribution in [0.3, 0.4) is 0 Å². The topological polar surface area (TPSA) is 12.0 Å². The van der Waals surface area contributed by atoms with E-state index in [0.717, 1.165) is 23.0 Å². The number of hydrogen-bond donors (Lipinski definition) is 1. The van der Waals surface area contributed by atoms with Gasteiger partial charge >= 0.3 is 0 Å². The van der Waals surface area contributed by atoms with Crippen LogP contribution in [0.1, 0.15) is 39.2 Å². The summed E-state index contributed by atoms with van der Waals surface area (Å²) in [5.74, 6) is 0.415. The highest BCUT2D eigenvalue weighted by Gasteiger charge is 2.32. The van der Waals surface area contributed by atoms with E-state index in [-0.39, 0.29) is 11.2 Å². The van der Waals surface area contributed by atoms with Crippen molar-refractivity contribution >= 4 is 15.9 Å². The van der Waals surface area contributed by atoms with Gasteiger partial charge in [-0.05, 0) is 54.4 Å². The highest BCUT2D eigenvalue weighted by molar-refractivity contribution is 9.10. The Balaban J connectivity index is 2.11. The molecule has 1 aliphatic rings. The maximum atomic E-state index is 13.9. The number of halogens is 2. The van der Waals surface area contributed by atoms with Gasteiger partial charge < -0.3 is 5.32 Å². The summed E-state index contributed by atoms with van der Waals surface area (Å²) in [6.07, 6.45) is 3.36. The molecule has 0 amide bonds. The second-order valence-electron chi connectivity index (χ2n) is 6.38. The lowest BCUT2D eigenvalue weighted by Crippen LogP contribution is -2.39. The normalized spacial score (nSPS) is 18.6. The second kappa shape index (κ2) is 5.92. The Hall–Kier alpha value is -0.410. The SMILES string of the molecule is CC(C)C(C)(CNC1CC1)Cc1cc(Br)ccc1F. The van der Waals surface area contributed by atoms with Gasteiger partial charge in [-0.3, -0.25) is 0 Å². The number of rotatable bonds is 6. The molecule has 0 saturated heterocycles. The van der Waals surface area contributed by atoms with E-state index in [4.69, 9.17) is 0 Å². The van der Waals surface area contributed by atoms with Crippen LogP contribution in [0, 0.1) is 17.2 Å². The van der Waals surface area contributed by atoms with Gasteiger partial charge in [-0.15, -0.1) is 0 Å². The Morgan fingerprint density at radius 3 is 2.68 bits per heavy atom. The lowest BCUT2D eigenvalue weighted by atomic mass is 9.74. The molecule has 1 nitrogen and oxygen atoms in total. The second-order valence-corrected chi connectivity index (χ2v) is 7.29. The lowest BCUT2D eigenvalue weighted by Gasteiger charge is -2.34. The third-order valence-corrected chi connectivity index (χ3v) is 4.86. The molecule has 1 saturated carbocycles. The van der Waals surface area contributed by atoms with Crippen molar-refractivity contribution in [1.29, 1.82) is 0 Å². The Labute approximate surface area is 124 Å². The van der Waals surface area contributed by atoms with E-state index in [1.165, 1.54) is 12.8 Å². The standard InChI is InChI=1S/C16H23BrFN/c1-11(2)16(3,10-19-14-5-6-14)9-12-8-13(17)4-7-15(12)18/h4,7-8,11,14,19H,5-6,9-10H2,1-3H3. The fraction of sp³-hybridized carbons (Fsp3) is 0.625. The van der Waals surface area contributed by atoms with Gasteiger partial charge in [0, 0.05) is 17.1 Å². The molecule has 1 unspecified atom stereocenters. The molecule has 0 bridgehead atoms. The van der Waals surface area contributed by atoms with Crippen LogP contribution in [0.4, 0.5) is 4.39 Å². The molecule has 0 aromatic heterocycles. The molecule has 0 heterocycles. The van der Waals surface area contributed by atoms with Gasteiger partial charge in [-0.1, -0.05) is 36.7 Å². The van der Waals surface area contributed by atoms with Crippen molar-refractivity contribution in [3.63, 3.8) is 0 Å². The van der Waals surface area contributed by atoms with Crippen LogP contribution in [0.5, 0.6) is 0 Å². The summed E-state index contributed by atoms with van der Waals surface area (Å²) >= 11 is 3.43. The lowest BCUT2D eigenvalue weighted by molar-refractivity contribution is 0.204. The molecule has 0 aliphatic heterocycles. The molecule has 0 radical (unpaired) electrons. The van der Waals surface area contributed by atoms with Crippen molar-refractivity contribution < 1.29 is 4.39 Å². The van der Waals surface area contributed by atoms with E-state index in [0.29, 0.717) is 12.0 Å². The van der Waals surface area contributed by atoms with Gasteiger partial charge in [-0.25, -0.2) is 4.39 Å². The Bertz CT molecular complexity index is 442. The Morgan fingerprint density at radius 1 is 1.42 bits per heavy atom. The van der Waals surface area contributed by atoms with Crippen LogP contribution in [-0.2, 0) is 6.42 Å². The molecule has 1 aromatic carbocycles. The summed E-state index contributed by atoms with van der Waals surface area (Å²) in [4.78, 5) is 0. The predicted molar refractivity (Wildman–Crippen MR) is 81.8 cm³/mol. The summed E-state index contributed by atoms with van der Waals surface area (Å²) in [7, 11) is 0. The Kier molecular flexibility index (Phi) is 4.67. The molecule has 1 atom stereocenters. The van der Waals surface area contributed by atoms with Crippen LogP contribution >= 0.6 is 15.9 Å². The number of benzene rings is 1. The van der Waals surface area contributed by atoms with Crippen molar-refractivity contribution in [2.75, 3.05) is 6.54 Å². The predicted octanol–water partition coefficient (Wildman–Crippen LogP) is 4.55. The van der Waals surface area contributed by atoms with Gasteiger partial charge in [-0.2, -0.15) is 0 Å². The summed E-state index contributed by atoms with van der Waals surface area (Å²) in [6.45, 7) is 7.67. The first kappa shape index (κ1) is 15.0. The zero-order chi connectivity index (χ0) is 14.0. The average Bonchev–Trinajstić information content (AvgIpc) is 3.15. The first-order valence-corrected chi connectivity index (χ1v) is 7.87. The highest BCUT2D eigenvalue weighted by Crippen LogP contribution is 2.33. The monoisotopic (exact) mass is 327 g/mol. The minimum atomic E-state index is -0.0958. The third kappa shape index (κ3) is 4.03. The molecule has 106 valence electrons. The Morgan fingerprint density at radius 2 is 2.11 bits per heavy atom. The van der Waals surface area contributed by atoms with Gasteiger partial charge in [0.25, 0.3) is 0 Å². The molecule has 1 fully saturated rings. The molecule has 1 aromatic rings. The molecular weight excluding hydrogens is 305 g/mol. The minimum absolute atomic E-state index is 0.0875. The third-order valence-electron chi connectivity index (χ3n) is 4.37. The van der Waals surface area contributed by atoms with E-state index in [9.17, 15) is 4.39 Å². The van der Waals surface area contributed by atoms with E-state index < -0.39 is 0 Å². The molecule has 19 heavy (non-hydrogen) atoms. The first-order chi connectivity index (χ1) is 8.90. The fourth-order valence-corrected chi connectivity index (χ4v) is 2.66. The molecule has 1 aliphatic carbocycles. The van der Waals surface area contributed by atoms with Crippen molar-refractivity contribution in [3.05, 3.63) is 34.1 Å². The van der Waals surface area contributed by atoms with Crippen LogP contribution < -0.4 is 5.32 Å². The number of hydrogen-bond acceptors (Lipinski definition) is 1. The van der Waals surface area contributed by atoms with E-state index in [2.05, 4.69) is 42.0 Å². The molecule has 1 N–H and O–H groups in total. The van der Waals surface area contributed by atoms with Crippen molar-refractivity contribution in [2.45, 2.75) is 46.1 Å². The number of nitrogens with one attached hydrogen (secondary N) is 1. The van der Waals surface area contributed by atoms with Crippen LogP contribution in [0.25, 0.3) is 0 Å². The van der Waals surface area contributed by atoms with Crippen molar-refractivity contribution in [1.82, 2.24) is 5.32 Å². The average molecular weight is 328 g/mol. The van der Waals surface area contributed by atoms with E-state index in [1.807, 2.05) is 6.07 Å². The minimum Gasteiger partial charge on any atom is -0.313 e. The molecule has 2 rings (SSSR count). The maximum Gasteiger partial charge on any atom is 0.126 e. The van der Waals surface area contributed by atoms with Gasteiger partial charge in [0.1, 0.15) is 5.82 Å². The highest BCUT2D eigenvalue weighted by atomic mass is 79.9. The zero-order valence-electron chi connectivity index (χ0n) is 12.0. The van der Waals surface area contributed by atoms with Crippen LogP contribution in [0.2, 0.25) is 0 Å². The summed E-state index contributed by atoms with van der Waals surface area (Å²) in [5.41, 5.74) is 0.896. The van der Waals surface area contributed by atoms with Crippen molar-refractivity contribution in [3.8, 4) is 0 Å². The van der Waals surface area contributed by atoms with Crippen LogP contribution in [-0.4, -0.2) is 12.6 Å². The molecule has 3 heteroatoms. The van der Waals surface area contributed by atoms with Gasteiger partial charge in [0.2, 0.25) is 0 Å². The maximum absolute atomic E-state index is 13.9. The zero-order valence-corrected chi connectivity index (χ0v) is 13.6. The smallest absolute Gasteiger partial charge is 0.126 e. The molecular formula is C16H23BrFN. The van der Waals surface area contributed by atoms with Gasteiger partial charge in [0.15, 0.2) is 0 Å². The van der Waals surface area contributed by atoms with Crippen LogP contribution in [0.15, 0.2) is 22.7 Å². The first-order valence-electron chi connectivity index (χ1n) is 7.08.